The highest BCUT2D eigenvalue weighted by molar-refractivity contribution is 5.93. The lowest BCUT2D eigenvalue weighted by atomic mass is 10.1. The Morgan fingerprint density at radius 2 is 1.55 bits per heavy atom. The average Bonchev–Trinajstić information content (AvgIpc) is 2.82. The number of rotatable bonds is 4. The minimum atomic E-state index is -0.514. The van der Waals surface area contributed by atoms with Gasteiger partial charge in [0.2, 0.25) is 5.95 Å². The summed E-state index contributed by atoms with van der Waals surface area (Å²) in [6.45, 7) is 10.8. The van der Waals surface area contributed by atoms with E-state index >= 15 is 0 Å². The van der Waals surface area contributed by atoms with Gasteiger partial charge in [-0.3, -0.25) is 0 Å². The zero-order chi connectivity index (χ0) is 23.6. The van der Waals surface area contributed by atoms with E-state index in [1.54, 1.807) is 19.1 Å². The molecule has 4 rings (SSSR count). The van der Waals surface area contributed by atoms with Gasteiger partial charge in [-0.2, -0.15) is 4.98 Å². The number of fused-ring (bicyclic) bond motifs is 1. The first-order chi connectivity index (χ1) is 15.8. The molecule has 0 N–H and O–H groups in total. The first-order valence-electron chi connectivity index (χ1n) is 11.3. The number of hydrogen-bond donors (Lipinski definition) is 0. The van der Waals surface area contributed by atoms with Crippen LogP contribution >= 0.6 is 0 Å². The predicted molar refractivity (Wildman–Crippen MR) is 126 cm³/mol. The molecule has 180 valence electrons. The topological polar surface area (TPSA) is 89.5 Å². The van der Waals surface area contributed by atoms with E-state index in [0.717, 1.165) is 29.8 Å². The summed E-state index contributed by atoms with van der Waals surface area (Å²) in [4.78, 5) is 28.4. The molecule has 0 spiro atoms. The number of nitrogens with zero attached hydrogens (tertiary/aromatic N) is 5. The second-order valence-corrected chi connectivity index (χ2v) is 9.13. The monoisotopic (exact) mass is 459 g/mol. The van der Waals surface area contributed by atoms with Gasteiger partial charge in [0.1, 0.15) is 11.4 Å². The van der Waals surface area contributed by atoms with Crippen molar-refractivity contribution in [3.63, 3.8) is 0 Å². The standard InChI is InChI=1S/C23H33N5O5/c1-23(2,3)33-22(29)28-8-6-26(7-9-28)20-16-14-18(30-4)19(31-5)15-17(16)24-21(25-20)27-10-12-32-13-11-27/h14-15H,6-13H2,1-5H3. The lowest BCUT2D eigenvalue weighted by molar-refractivity contribution is 0.0240. The van der Waals surface area contributed by atoms with Crippen LogP contribution in [0.2, 0.25) is 0 Å². The minimum Gasteiger partial charge on any atom is -0.493 e. The molecule has 10 heteroatoms. The third kappa shape index (κ3) is 5.16. The smallest absolute Gasteiger partial charge is 0.410 e. The molecule has 33 heavy (non-hydrogen) atoms. The van der Waals surface area contributed by atoms with E-state index in [0.29, 0.717) is 56.8 Å². The van der Waals surface area contributed by atoms with E-state index in [4.69, 9.17) is 28.9 Å². The second-order valence-electron chi connectivity index (χ2n) is 9.13. The molecule has 2 aliphatic rings. The van der Waals surface area contributed by atoms with Crippen LogP contribution in [0.3, 0.4) is 0 Å². The Balaban J connectivity index is 1.66. The van der Waals surface area contributed by atoms with Crippen molar-refractivity contribution in [2.45, 2.75) is 26.4 Å². The Morgan fingerprint density at radius 1 is 0.909 bits per heavy atom. The summed E-state index contributed by atoms with van der Waals surface area (Å²) >= 11 is 0. The number of aromatic nitrogens is 2. The Hall–Kier alpha value is -3.01. The number of carbonyl (C=O) groups is 1. The van der Waals surface area contributed by atoms with E-state index in [1.807, 2.05) is 32.9 Å². The molecule has 2 fully saturated rings. The molecule has 0 aliphatic carbocycles. The van der Waals surface area contributed by atoms with Crippen LogP contribution in [0.4, 0.5) is 16.6 Å². The number of anilines is 2. The minimum absolute atomic E-state index is 0.282. The number of benzene rings is 1. The van der Waals surface area contributed by atoms with Gasteiger partial charge in [-0.25, -0.2) is 9.78 Å². The second kappa shape index (κ2) is 9.46. The summed E-state index contributed by atoms with van der Waals surface area (Å²) in [6, 6.07) is 3.81. The predicted octanol–water partition coefficient (Wildman–Crippen LogP) is 2.54. The van der Waals surface area contributed by atoms with Crippen molar-refractivity contribution in [2.75, 3.05) is 76.5 Å². The highest BCUT2D eigenvalue weighted by Gasteiger charge is 2.28. The third-order valence-electron chi connectivity index (χ3n) is 5.69. The van der Waals surface area contributed by atoms with Gasteiger partial charge in [-0.05, 0) is 26.8 Å². The molecular weight excluding hydrogens is 426 g/mol. The molecular formula is C23H33N5O5. The van der Waals surface area contributed by atoms with E-state index in [2.05, 4.69) is 9.80 Å². The fraction of sp³-hybridized carbons (Fsp3) is 0.609. The lowest BCUT2D eigenvalue weighted by Crippen LogP contribution is -2.50. The number of methoxy groups -OCH3 is 2. The SMILES string of the molecule is COc1cc2nc(N3CCOCC3)nc(N3CCN(C(=O)OC(C)(C)C)CC3)c2cc1OC. The van der Waals surface area contributed by atoms with Crippen LogP contribution in [0.15, 0.2) is 12.1 Å². The maximum Gasteiger partial charge on any atom is 0.410 e. The number of carbonyl (C=O) groups excluding carboxylic acids is 1. The Kier molecular flexibility index (Phi) is 6.64. The molecule has 0 bridgehead atoms. The van der Waals surface area contributed by atoms with Crippen LogP contribution in [0, 0.1) is 0 Å². The van der Waals surface area contributed by atoms with Crippen LogP contribution in [0.5, 0.6) is 11.5 Å². The van der Waals surface area contributed by atoms with Crippen molar-refractivity contribution in [3.05, 3.63) is 12.1 Å². The van der Waals surface area contributed by atoms with Gasteiger partial charge in [-0.15, -0.1) is 0 Å². The quantitative estimate of drug-likeness (QED) is 0.684. The third-order valence-corrected chi connectivity index (χ3v) is 5.69. The normalized spacial score (nSPS) is 17.3. The van der Waals surface area contributed by atoms with Gasteiger partial charge in [0.05, 0.1) is 33.0 Å². The van der Waals surface area contributed by atoms with E-state index in [9.17, 15) is 4.79 Å². The van der Waals surface area contributed by atoms with Crippen LogP contribution in [0.1, 0.15) is 20.8 Å². The number of ether oxygens (including phenoxy) is 4. The molecule has 0 radical (unpaired) electrons. The Labute approximate surface area is 194 Å². The average molecular weight is 460 g/mol. The highest BCUT2D eigenvalue weighted by atomic mass is 16.6. The Bertz CT molecular complexity index is 995. The zero-order valence-electron chi connectivity index (χ0n) is 20.1. The summed E-state index contributed by atoms with van der Waals surface area (Å²) in [7, 11) is 3.23. The maximum absolute atomic E-state index is 12.5. The largest absolute Gasteiger partial charge is 0.493 e. The van der Waals surface area contributed by atoms with Crippen LogP contribution in [-0.4, -0.2) is 93.3 Å². The van der Waals surface area contributed by atoms with Gasteiger partial charge in [0, 0.05) is 50.7 Å². The van der Waals surface area contributed by atoms with Gasteiger partial charge >= 0.3 is 6.09 Å². The van der Waals surface area contributed by atoms with Crippen molar-refractivity contribution in [1.29, 1.82) is 0 Å². The molecule has 2 aliphatic heterocycles. The fourth-order valence-corrected chi connectivity index (χ4v) is 4.00. The van der Waals surface area contributed by atoms with Gasteiger partial charge in [0.15, 0.2) is 11.5 Å². The molecule has 3 heterocycles. The maximum atomic E-state index is 12.5. The van der Waals surface area contributed by atoms with Crippen molar-refractivity contribution in [1.82, 2.24) is 14.9 Å². The van der Waals surface area contributed by atoms with Gasteiger partial charge in [0.25, 0.3) is 0 Å². The van der Waals surface area contributed by atoms with Gasteiger partial charge < -0.3 is 33.6 Å². The molecule has 1 aromatic carbocycles. The van der Waals surface area contributed by atoms with E-state index < -0.39 is 5.60 Å². The lowest BCUT2D eigenvalue weighted by Gasteiger charge is -2.37. The highest BCUT2D eigenvalue weighted by Crippen LogP contribution is 2.36. The van der Waals surface area contributed by atoms with E-state index in [1.165, 1.54) is 0 Å². The number of amides is 1. The van der Waals surface area contributed by atoms with Crippen LogP contribution < -0.4 is 19.3 Å². The van der Waals surface area contributed by atoms with Crippen molar-refractivity contribution in [3.8, 4) is 11.5 Å². The zero-order valence-corrected chi connectivity index (χ0v) is 20.1. The molecule has 0 unspecified atom stereocenters. The van der Waals surface area contributed by atoms with Crippen LogP contribution in [0.25, 0.3) is 10.9 Å². The molecule has 2 aromatic rings. The molecule has 0 atom stereocenters. The summed E-state index contributed by atoms with van der Waals surface area (Å²) in [6.07, 6.45) is -0.282. The number of piperazine rings is 1. The summed E-state index contributed by atoms with van der Waals surface area (Å²) in [5, 5.41) is 0.885. The van der Waals surface area contributed by atoms with E-state index in [-0.39, 0.29) is 6.09 Å². The fourth-order valence-electron chi connectivity index (χ4n) is 4.00. The van der Waals surface area contributed by atoms with Crippen LogP contribution in [-0.2, 0) is 9.47 Å². The summed E-state index contributed by atoms with van der Waals surface area (Å²) in [5.41, 5.74) is 0.272. The molecule has 10 nitrogen and oxygen atoms in total. The molecule has 0 saturated carbocycles. The summed E-state index contributed by atoms with van der Waals surface area (Å²) < 4.78 is 22.1. The number of morpholine rings is 1. The first kappa shape index (κ1) is 23.2. The van der Waals surface area contributed by atoms with Crippen molar-refractivity contribution >= 4 is 28.8 Å². The number of hydrogen-bond acceptors (Lipinski definition) is 9. The first-order valence-corrected chi connectivity index (χ1v) is 11.3. The van der Waals surface area contributed by atoms with Gasteiger partial charge in [-0.1, -0.05) is 0 Å². The van der Waals surface area contributed by atoms with Crippen molar-refractivity contribution in [2.24, 2.45) is 0 Å². The summed E-state index contributed by atoms with van der Waals surface area (Å²) in [5.74, 6) is 2.74. The molecule has 1 aromatic heterocycles. The van der Waals surface area contributed by atoms with Crippen molar-refractivity contribution < 1.29 is 23.7 Å². The molecule has 1 amide bonds. The molecule has 2 saturated heterocycles. The Morgan fingerprint density at radius 3 is 2.15 bits per heavy atom.